The molecule has 116 valence electrons. The van der Waals surface area contributed by atoms with Gasteiger partial charge in [0.15, 0.2) is 0 Å². The summed E-state index contributed by atoms with van der Waals surface area (Å²) in [7, 11) is 7.00. The molecule has 0 aliphatic heterocycles. The maximum Gasteiger partial charge on any atom is 4.00 e. The molecule has 1 aliphatic rings. The molecule has 0 bridgehead atoms. The number of nitrogens with zero attached hydrogens (tertiary/aromatic N) is 3. The molecule has 0 atom stereocenters. The fraction of sp³-hybridized carbons (Fsp3) is 0.688. The van der Waals surface area contributed by atoms with Crippen LogP contribution in [-0.2, 0) is 21.7 Å². The number of rotatable bonds is 6. The van der Waals surface area contributed by atoms with Gasteiger partial charge in [-0.2, -0.15) is 34.7 Å². The van der Waals surface area contributed by atoms with Crippen LogP contribution in [0.15, 0.2) is 23.8 Å². The second kappa shape index (κ2) is 27.4. The van der Waals surface area contributed by atoms with Crippen molar-refractivity contribution in [1.29, 1.82) is 0 Å². The van der Waals surface area contributed by atoms with E-state index in [0.717, 1.165) is 13.1 Å². The zero-order valence-electron chi connectivity index (χ0n) is 14.3. The van der Waals surface area contributed by atoms with Crippen molar-refractivity contribution in [3.8, 4) is 0 Å². The third-order valence-corrected chi connectivity index (χ3v) is 2.14. The van der Waals surface area contributed by atoms with Gasteiger partial charge in [-0.3, -0.25) is 0 Å². The topological polar surface area (TPSA) is 42.3 Å². The second-order valence-electron chi connectivity index (χ2n) is 4.07. The van der Waals surface area contributed by atoms with Gasteiger partial charge in [-0.1, -0.05) is 43.6 Å². The SMILES string of the molecule is CC[N-]CCCCC1=CC=CC1.C[N-]C.C[N-]C.[CH3-].[Ti+4]. The zero-order valence-corrected chi connectivity index (χ0v) is 15.9. The van der Waals surface area contributed by atoms with Crippen LogP contribution in [0.25, 0.3) is 16.0 Å². The van der Waals surface area contributed by atoms with Crippen molar-refractivity contribution >= 4 is 0 Å². The van der Waals surface area contributed by atoms with E-state index in [4.69, 9.17) is 0 Å². The molecule has 0 saturated heterocycles. The standard InChI is InChI=1S/C11H18N.2C2H6N.CH3.Ti/c1-2-12-10-6-5-9-11-7-3-4-8-11;2*1-3-2;;/h3-4,7H,2,5-6,8-10H2,1H3;2*1-2H3;1H3;/q4*-1;+4. The van der Waals surface area contributed by atoms with E-state index in [9.17, 15) is 0 Å². The summed E-state index contributed by atoms with van der Waals surface area (Å²) in [5, 5.41) is 11.3. The van der Waals surface area contributed by atoms with Gasteiger partial charge in [-0.05, 0) is 12.8 Å². The maximum absolute atomic E-state index is 4.30. The fourth-order valence-electron chi connectivity index (χ4n) is 1.41. The third kappa shape index (κ3) is 26.6. The minimum absolute atomic E-state index is 0. The van der Waals surface area contributed by atoms with Crippen LogP contribution < -0.4 is 0 Å². The Hall–Kier alpha value is 0.0743. The summed E-state index contributed by atoms with van der Waals surface area (Å²) < 4.78 is 0. The Kier molecular flexibility index (Phi) is 38.8. The van der Waals surface area contributed by atoms with Crippen molar-refractivity contribution < 1.29 is 21.7 Å². The first-order valence-electron chi connectivity index (χ1n) is 6.70. The summed E-state index contributed by atoms with van der Waals surface area (Å²) in [4.78, 5) is 0. The van der Waals surface area contributed by atoms with Crippen LogP contribution in [0.4, 0.5) is 0 Å². The second-order valence-corrected chi connectivity index (χ2v) is 4.07. The number of hydrogen-bond acceptors (Lipinski definition) is 0. The van der Waals surface area contributed by atoms with E-state index in [1.54, 1.807) is 33.8 Å². The van der Waals surface area contributed by atoms with Crippen LogP contribution in [-0.4, -0.2) is 41.3 Å². The molecule has 0 radical (unpaired) electrons. The molecule has 4 heteroatoms. The predicted octanol–water partition coefficient (Wildman–Crippen LogP) is 5.12. The molecule has 0 aromatic rings. The molecule has 1 rings (SSSR count). The maximum atomic E-state index is 4.30. The first-order chi connectivity index (χ1) is 8.76. The quantitative estimate of drug-likeness (QED) is 0.371. The summed E-state index contributed by atoms with van der Waals surface area (Å²) in [6.07, 6.45) is 11.6. The molecule has 0 heterocycles. The van der Waals surface area contributed by atoms with Gasteiger partial charge in [0.25, 0.3) is 0 Å². The summed E-state index contributed by atoms with van der Waals surface area (Å²) >= 11 is 0. The van der Waals surface area contributed by atoms with E-state index in [2.05, 4.69) is 41.1 Å². The summed E-state index contributed by atoms with van der Waals surface area (Å²) in [6, 6.07) is 0. The van der Waals surface area contributed by atoms with E-state index < -0.39 is 0 Å². The summed E-state index contributed by atoms with van der Waals surface area (Å²) in [5.41, 5.74) is 1.59. The largest absolute Gasteiger partial charge is 4.00 e. The first-order valence-corrected chi connectivity index (χ1v) is 6.70. The van der Waals surface area contributed by atoms with Crippen molar-refractivity contribution in [1.82, 2.24) is 0 Å². The van der Waals surface area contributed by atoms with Crippen molar-refractivity contribution in [2.45, 2.75) is 32.6 Å². The van der Waals surface area contributed by atoms with Gasteiger partial charge in [-0.15, -0.1) is 6.54 Å². The molecule has 0 spiro atoms. The Morgan fingerprint density at radius 2 is 1.60 bits per heavy atom. The number of unbranched alkanes of at least 4 members (excludes halogenated alkanes) is 1. The van der Waals surface area contributed by atoms with E-state index in [1.165, 1.54) is 25.7 Å². The Labute approximate surface area is 143 Å². The molecule has 20 heavy (non-hydrogen) atoms. The Bertz CT molecular complexity index is 202. The molecule has 0 unspecified atom stereocenters. The van der Waals surface area contributed by atoms with E-state index in [-0.39, 0.29) is 29.1 Å². The van der Waals surface area contributed by atoms with Gasteiger partial charge in [-0.25, -0.2) is 0 Å². The van der Waals surface area contributed by atoms with E-state index in [1.807, 2.05) is 0 Å². The Morgan fingerprint density at radius 1 is 1.05 bits per heavy atom. The minimum Gasteiger partial charge on any atom is -0.668 e. The van der Waals surface area contributed by atoms with Crippen LogP contribution in [0, 0.1) is 7.43 Å². The van der Waals surface area contributed by atoms with Crippen molar-refractivity contribution in [3.63, 3.8) is 0 Å². The van der Waals surface area contributed by atoms with Gasteiger partial charge in [0.05, 0.1) is 0 Å². The molecule has 0 aromatic carbocycles. The zero-order chi connectivity index (χ0) is 14.1. The summed E-state index contributed by atoms with van der Waals surface area (Å²) in [5.74, 6) is 0. The van der Waals surface area contributed by atoms with Gasteiger partial charge in [0.2, 0.25) is 0 Å². The molecular formula is C16H33N3Ti. The van der Waals surface area contributed by atoms with Crippen LogP contribution >= 0.6 is 0 Å². The Morgan fingerprint density at radius 3 is 2.00 bits per heavy atom. The van der Waals surface area contributed by atoms with E-state index in [0.29, 0.717) is 0 Å². The van der Waals surface area contributed by atoms with Crippen molar-refractivity contribution in [2.75, 3.05) is 41.3 Å². The van der Waals surface area contributed by atoms with E-state index >= 15 is 0 Å². The molecule has 0 N–H and O–H groups in total. The molecule has 1 aliphatic carbocycles. The average Bonchev–Trinajstić information content (AvgIpc) is 2.84. The average molecular weight is 315 g/mol. The van der Waals surface area contributed by atoms with Crippen molar-refractivity contribution in [3.05, 3.63) is 47.2 Å². The summed E-state index contributed by atoms with van der Waals surface area (Å²) in [6.45, 7) is 4.13. The molecule has 0 aromatic heterocycles. The normalized spacial score (nSPS) is 10.9. The number of allylic oxidation sites excluding steroid dienone is 4. The number of hydrogen-bond donors (Lipinski definition) is 0. The third-order valence-electron chi connectivity index (χ3n) is 2.14. The van der Waals surface area contributed by atoms with Crippen LogP contribution in [0.5, 0.6) is 0 Å². The smallest absolute Gasteiger partial charge is 0.668 e. The molecule has 0 amide bonds. The van der Waals surface area contributed by atoms with Gasteiger partial charge in [0, 0.05) is 0 Å². The molecular weight excluding hydrogens is 282 g/mol. The monoisotopic (exact) mass is 315 g/mol. The first kappa shape index (κ1) is 28.3. The van der Waals surface area contributed by atoms with Gasteiger partial charge >= 0.3 is 21.7 Å². The minimum atomic E-state index is 0. The van der Waals surface area contributed by atoms with Crippen LogP contribution in [0.2, 0.25) is 0 Å². The van der Waals surface area contributed by atoms with Crippen molar-refractivity contribution in [2.24, 2.45) is 0 Å². The predicted molar refractivity (Wildman–Crippen MR) is 91.3 cm³/mol. The molecule has 0 fully saturated rings. The van der Waals surface area contributed by atoms with Crippen LogP contribution in [0.1, 0.15) is 32.6 Å². The molecule has 0 saturated carbocycles. The molecule has 3 nitrogen and oxygen atoms in total. The van der Waals surface area contributed by atoms with Gasteiger partial charge in [0.1, 0.15) is 0 Å². The van der Waals surface area contributed by atoms with Crippen LogP contribution in [0.3, 0.4) is 0 Å². The fourth-order valence-corrected chi connectivity index (χ4v) is 1.41. The van der Waals surface area contributed by atoms with Gasteiger partial charge < -0.3 is 23.4 Å². The Balaban J connectivity index is -0.000000139.